The lowest BCUT2D eigenvalue weighted by Crippen LogP contribution is -2.30. The smallest absolute Gasteiger partial charge is 0.390 e. The molecule has 1 amide bonds. The molecule has 0 aliphatic carbocycles. The molecule has 0 atom stereocenters. The number of para-hydroxylation sites is 1. The van der Waals surface area contributed by atoms with E-state index in [1.54, 1.807) is 0 Å². The van der Waals surface area contributed by atoms with Gasteiger partial charge in [0.25, 0.3) is 0 Å². The molecule has 0 aliphatic rings. The fourth-order valence-electron chi connectivity index (χ4n) is 1.86. The molecular weight excluding hydrogens is 283 g/mol. The Labute approximate surface area is 122 Å². The van der Waals surface area contributed by atoms with Crippen LogP contribution in [0.4, 0.5) is 13.2 Å². The van der Waals surface area contributed by atoms with Crippen molar-refractivity contribution in [3.63, 3.8) is 0 Å². The van der Waals surface area contributed by atoms with Crippen LogP contribution in [0.3, 0.4) is 0 Å². The van der Waals surface area contributed by atoms with E-state index in [2.05, 4.69) is 0 Å². The van der Waals surface area contributed by atoms with E-state index in [1.165, 1.54) is 7.05 Å². The molecule has 0 fully saturated rings. The molecule has 0 bridgehead atoms. The molecule has 1 aromatic carbocycles. The van der Waals surface area contributed by atoms with E-state index in [0.29, 0.717) is 18.8 Å². The number of rotatable bonds is 7. The summed E-state index contributed by atoms with van der Waals surface area (Å²) in [5.41, 5.74) is 0.886. The minimum absolute atomic E-state index is 0.165. The number of halogens is 3. The molecule has 118 valence electrons. The van der Waals surface area contributed by atoms with Crippen LogP contribution in [0, 0.1) is 0 Å². The van der Waals surface area contributed by atoms with Gasteiger partial charge in [0.1, 0.15) is 5.75 Å². The minimum atomic E-state index is -4.24. The van der Waals surface area contributed by atoms with Gasteiger partial charge in [-0.25, -0.2) is 0 Å². The third-order valence-corrected chi connectivity index (χ3v) is 3.04. The molecule has 0 heterocycles. The van der Waals surface area contributed by atoms with Gasteiger partial charge in [0.2, 0.25) is 5.91 Å². The number of amides is 1. The monoisotopic (exact) mass is 303 g/mol. The molecule has 0 saturated carbocycles. The van der Waals surface area contributed by atoms with Crippen molar-refractivity contribution in [1.29, 1.82) is 0 Å². The van der Waals surface area contributed by atoms with Gasteiger partial charge in [-0.2, -0.15) is 13.2 Å². The van der Waals surface area contributed by atoms with Crippen LogP contribution in [0.25, 0.3) is 0 Å². The molecule has 1 rings (SSSR count). The standard InChI is InChI=1S/C15H20F3NO2/c1-3-21-13-7-5-4-6-12(13)8-9-14(20)19(2)11-10-15(16,17)18/h4-7H,3,8-11H2,1-2H3. The van der Waals surface area contributed by atoms with Crippen molar-refractivity contribution in [2.24, 2.45) is 0 Å². The van der Waals surface area contributed by atoms with Crippen LogP contribution >= 0.6 is 0 Å². The highest BCUT2D eigenvalue weighted by atomic mass is 19.4. The second-order valence-corrected chi connectivity index (χ2v) is 4.72. The lowest BCUT2D eigenvalue weighted by Gasteiger charge is -2.18. The zero-order valence-corrected chi connectivity index (χ0v) is 12.2. The van der Waals surface area contributed by atoms with Crippen LogP contribution in [0.2, 0.25) is 0 Å². The highest BCUT2D eigenvalue weighted by Crippen LogP contribution is 2.21. The summed E-state index contributed by atoms with van der Waals surface area (Å²) in [6.07, 6.45) is -4.61. The van der Waals surface area contributed by atoms with Gasteiger partial charge in [-0.1, -0.05) is 18.2 Å². The summed E-state index contributed by atoms with van der Waals surface area (Å²) in [7, 11) is 1.39. The molecule has 6 heteroatoms. The maximum atomic E-state index is 12.1. The van der Waals surface area contributed by atoms with Crippen molar-refractivity contribution >= 4 is 5.91 Å². The number of carbonyl (C=O) groups excluding carboxylic acids is 1. The van der Waals surface area contributed by atoms with Gasteiger partial charge < -0.3 is 9.64 Å². The summed E-state index contributed by atoms with van der Waals surface area (Å²) in [5, 5.41) is 0. The Kier molecular flexibility index (Phi) is 6.52. The topological polar surface area (TPSA) is 29.5 Å². The van der Waals surface area contributed by atoms with Gasteiger partial charge in [0.05, 0.1) is 13.0 Å². The number of alkyl halides is 3. The first-order valence-corrected chi connectivity index (χ1v) is 6.85. The molecule has 21 heavy (non-hydrogen) atoms. The lowest BCUT2D eigenvalue weighted by atomic mass is 10.1. The second-order valence-electron chi connectivity index (χ2n) is 4.72. The normalized spacial score (nSPS) is 11.3. The summed E-state index contributed by atoms with van der Waals surface area (Å²) in [6, 6.07) is 7.35. The van der Waals surface area contributed by atoms with E-state index >= 15 is 0 Å². The fourth-order valence-corrected chi connectivity index (χ4v) is 1.86. The Morgan fingerprint density at radius 3 is 2.57 bits per heavy atom. The Morgan fingerprint density at radius 1 is 1.29 bits per heavy atom. The highest BCUT2D eigenvalue weighted by Gasteiger charge is 2.27. The first kappa shape index (κ1) is 17.3. The number of hydrogen-bond donors (Lipinski definition) is 0. The Morgan fingerprint density at radius 2 is 1.95 bits per heavy atom. The molecular formula is C15H20F3NO2. The van der Waals surface area contributed by atoms with Crippen molar-refractivity contribution in [2.75, 3.05) is 20.2 Å². The highest BCUT2D eigenvalue weighted by molar-refractivity contribution is 5.76. The summed E-state index contributed by atoms with van der Waals surface area (Å²) in [5.74, 6) is 0.413. The largest absolute Gasteiger partial charge is 0.494 e. The first-order valence-electron chi connectivity index (χ1n) is 6.85. The van der Waals surface area contributed by atoms with Crippen molar-refractivity contribution in [2.45, 2.75) is 32.4 Å². The van der Waals surface area contributed by atoms with Gasteiger partial charge in [-0.15, -0.1) is 0 Å². The predicted molar refractivity (Wildman–Crippen MR) is 74.2 cm³/mol. The van der Waals surface area contributed by atoms with E-state index in [9.17, 15) is 18.0 Å². The zero-order chi connectivity index (χ0) is 15.9. The third kappa shape index (κ3) is 6.51. The van der Waals surface area contributed by atoms with Gasteiger partial charge >= 0.3 is 6.18 Å². The Bertz CT molecular complexity index is 460. The number of aryl methyl sites for hydroxylation is 1. The number of nitrogens with zero attached hydrogens (tertiary/aromatic N) is 1. The van der Waals surface area contributed by atoms with Crippen LogP contribution in [0.15, 0.2) is 24.3 Å². The number of hydrogen-bond acceptors (Lipinski definition) is 2. The first-order chi connectivity index (χ1) is 9.83. The average molecular weight is 303 g/mol. The second kappa shape index (κ2) is 7.90. The summed E-state index contributed by atoms with van der Waals surface area (Å²) >= 11 is 0. The number of benzene rings is 1. The van der Waals surface area contributed by atoms with Gasteiger partial charge in [-0.3, -0.25) is 4.79 Å². The van der Waals surface area contributed by atoms with E-state index in [-0.39, 0.29) is 18.9 Å². The van der Waals surface area contributed by atoms with Crippen molar-refractivity contribution in [3.05, 3.63) is 29.8 Å². The van der Waals surface area contributed by atoms with Crippen LogP contribution in [0.1, 0.15) is 25.3 Å². The molecule has 0 saturated heterocycles. The van der Waals surface area contributed by atoms with Crippen LogP contribution in [-0.4, -0.2) is 37.2 Å². The molecule has 3 nitrogen and oxygen atoms in total. The summed E-state index contributed by atoms with van der Waals surface area (Å²) in [4.78, 5) is 12.9. The van der Waals surface area contributed by atoms with E-state index in [4.69, 9.17) is 4.74 Å². The molecule has 0 aromatic heterocycles. The van der Waals surface area contributed by atoms with Gasteiger partial charge in [-0.05, 0) is 25.0 Å². The van der Waals surface area contributed by atoms with Gasteiger partial charge in [0.15, 0.2) is 0 Å². The molecule has 0 aliphatic heterocycles. The number of ether oxygens (including phenoxy) is 1. The lowest BCUT2D eigenvalue weighted by molar-refractivity contribution is -0.144. The van der Waals surface area contributed by atoms with Gasteiger partial charge in [0, 0.05) is 20.0 Å². The van der Waals surface area contributed by atoms with Crippen LogP contribution in [-0.2, 0) is 11.2 Å². The van der Waals surface area contributed by atoms with E-state index < -0.39 is 12.6 Å². The predicted octanol–water partition coefficient (Wildman–Crippen LogP) is 3.43. The Balaban J connectivity index is 2.49. The molecule has 0 radical (unpaired) electrons. The molecule has 0 unspecified atom stereocenters. The minimum Gasteiger partial charge on any atom is -0.494 e. The van der Waals surface area contributed by atoms with Crippen molar-refractivity contribution in [3.8, 4) is 5.75 Å². The molecule has 0 spiro atoms. The van der Waals surface area contributed by atoms with E-state index in [1.807, 2.05) is 31.2 Å². The maximum absolute atomic E-state index is 12.1. The molecule has 0 N–H and O–H groups in total. The SMILES string of the molecule is CCOc1ccccc1CCC(=O)N(C)CCC(F)(F)F. The third-order valence-electron chi connectivity index (χ3n) is 3.04. The van der Waals surface area contributed by atoms with Crippen LogP contribution < -0.4 is 4.74 Å². The van der Waals surface area contributed by atoms with Crippen molar-refractivity contribution < 1.29 is 22.7 Å². The van der Waals surface area contributed by atoms with Crippen molar-refractivity contribution in [1.82, 2.24) is 4.90 Å². The fraction of sp³-hybridized carbons (Fsp3) is 0.533. The quantitative estimate of drug-likeness (QED) is 0.772. The zero-order valence-electron chi connectivity index (χ0n) is 12.2. The summed E-state index contributed by atoms with van der Waals surface area (Å²) < 4.78 is 41.8. The summed E-state index contributed by atoms with van der Waals surface area (Å²) in [6.45, 7) is 2.08. The average Bonchev–Trinajstić information content (AvgIpc) is 2.43. The Hall–Kier alpha value is -1.72. The van der Waals surface area contributed by atoms with Crippen LogP contribution in [0.5, 0.6) is 5.75 Å². The maximum Gasteiger partial charge on any atom is 0.390 e. The number of carbonyl (C=O) groups is 1. The molecule has 1 aromatic rings. The van der Waals surface area contributed by atoms with E-state index in [0.717, 1.165) is 10.5 Å².